The number of oxime groups is 1. The molecule has 0 saturated heterocycles. The summed E-state index contributed by atoms with van der Waals surface area (Å²) in [5.41, 5.74) is 1.49. The molecule has 0 amide bonds. The fraction of sp³-hybridized carbons (Fsp3) is 0.385. The van der Waals surface area contributed by atoms with Gasteiger partial charge in [0.2, 0.25) is 0 Å². The first kappa shape index (κ1) is 14.2. The molecule has 5 nitrogen and oxygen atoms in total. The molecule has 0 unspecified atom stereocenters. The zero-order valence-corrected chi connectivity index (χ0v) is 10.6. The lowest BCUT2D eigenvalue weighted by Gasteiger charge is -2.09. The summed E-state index contributed by atoms with van der Waals surface area (Å²) < 4.78 is 4.86. The summed E-state index contributed by atoms with van der Waals surface area (Å²) in [7, 11) is 1.86. The van der Waals surface area contributed by atoms with Crippen molar-refractivity contribution < 1.29 is 14.7 Å². The van der Waals surface area contributed by atoms with Crippen LogP contribution in [0.2, 0.25) is 0 Å². The van der Waals surface area contributed by atoms with Crippen LogP contribution in [-0.2, 0) is 16.0 Å². The molecule has 0 aliphatic rings. The van der Waals surface area contributed by atoms with E-state index in [0.717, 1.165) is 18.5 Å². The van der Waals surface area contributed by atoms with E-state index in [1.165, 1.54) is 0 Å². The molecule has 18 heavy (non-hydrogen) atoms. The van der Waals surface area contributed by atoms with Gasteiger partial charge in [0.1, 0.15) is 0 Å². The van der Waals surface area contributed by atoms with Crippen molar-refractivity contribution in [2.24, 2.45) is 5.16 Å². The maximum Gasteiger partial charge on any atom is 0.361 e. The molecule has 5 heteroatoms. The lowest BCUT2D eigenvalue weighted by atomic mass is 10.0. The Bertz CT molecular complexity index is 430. The van der Waals surface area contributed by atoms with Gasteiger partial charge in [-0.2, -0.15) is 0 Å². The van der Waals surface area contributed by atoms with E-state index in [9.17, 15) is 4.79 Å². The average Bonchev–Trinajstić information content (AvgIpc) is 2.39. The predicted octanol–water partition coefficient (Wildman–Crippen LogP) is 1.19. The number of hydrogen-bond acceptors (Lipinski definition) is 5. The van der Waals surface area contributed by atoms with E-state index in [2.05, 4.69) is 10.5 Å². The molecule has 98 valence electrons. The van der Waals surface area contributed by atoms with E-state index in [1.54, 1.807) is 19.1 Å². The van der Waals surface area contributed by atoms with Crippen molar-refractivity contribution in [1.82, 2.24) is 5.32 Å². The van der Waals surface area contributed by atoms with Crippen LogP contribution in [0.15, 0.2) is 29.4 Å². The summed E-state index contributed by atoms with van der Waals surface area (Å²) in [4.78, 5) is 11.7. The number of esters is 1. The maximum atomic E-state index is 11.7. The number of carbonyl (C=O) groups is 1. The molecule has 0 heterocycles. The highest BCUT2D eigenvalue weighted by molar-refractivity contribution is 6.43. The van der Waals surface area contributed by atoms with E-state index in [1.807, 2.05) is 19.2 Å². The van der Waals surface area contributed by atoms with Gasteiger partial charge in [0.15, 0.2) is 5.71 Å². The first-order valence-electron chi connectivity index (χ1n) is 5.86. The molecule has 0 aromatic heterocycles. The van der Waals surface area contributed by atoms with Crippen molar-refractivity contribution in [2.45, 2.75) is 13.3 Å². The predicted molar refractivity (Wildman–Crippen MR) is 69.0 cm³/mol. The molecule has 1 rings (SSSR count). The molecule has 0 spiro atoms. The Morgan fingerprint density at radius 2 is 2.17 bits per heavy atom. The van der Waals surface area contributed by atoms with Crippen molar-refractivity contribution in [3.8, 4) is 0 Å². The van der Waals surface area contributed by atoms with Gasteiger partial charge in [0.05, 0.1) is 6.61 Å². The third-order valence-corrected chi connectivity index (χ3v) is 2.49. The second kappa shape index (κ2) is 7.45. The van der Waals surface area contributed by atoms with Crippen LogP contribution in [0.4, 0.5) is 0 Å². The molecule has 1 aromatic rings. The Labute approximate surface area is 106 Å². The first-order chi connectivity index (χ1) is 8.74. The summed E-state index contributed by atoms with van der Waals surface area (Å²) >= 11 is 0. The first-order valence-corrected chi connectivity index (χ1v) is 5.86. The molecule has 0 fully saturated rings. The lowest BCUT2D eigenvalue weighted by Crippen LogP contribution is -2.21. The Morgan fingerprint density at radius 1 is 1.44 bits per heavy atom. The normalized spacial score (nSPS) is 11.3. The number of rotatable bonds is 6. The number of hydrogen-bond donors (Lipinski definition) is 2. The molecule has 0 aliphatic heterocycles. The van der Waals surface area contributed by atoms with Gasteiger partial charge in [-0.1, -0.05) is 29.4 Å². The monoisotopic (exact) mass is 250 g/mol. The summed E-state index contributed by atoms with van der Waals surface area (Å²) in [5, 5.41) is 15.1. The molecular weight excluding hydrogens is 232 g/mol. The standard InChI is InChI=1S/C13H18N2O3/c1-3-18-13(16)12(15-17)11-7-5-4-6-10(11)8-9-14-2/h4-7,14,17H,3,8-9H2,1-2H3/b15-12+. The maximum absolute atomic E-state index is 11.7. The fourth-order valence-corrected chi connectivity index (χ4v) is 1.63. The Kier molecular flexibility index (Phi) is 5.87. The van der Waals surface area contributed by atoms with Crippen LogP contribution in [0, 0.1) is 0 Å². The van der Waals surface area contributed by atoms with Crippen molar-refractivity contribution in [1.29, 1.82) is 0 Å². The molecule has 0 radical (unpaired) electrons. The molecule has 0 bridgehead atoms. The van der Waals surface area contributed by atoms with Crippen LogP contribution in [-0.4, -0.2) is 37.1 Å². The van der Waals surface area contributed by atoms with Crippen LogP contribution < -0.4 is 5.32 Å². The number of likely N-dealkylation sites (N-methyl/N-ethyl adjacent to an activating group) is 1. The smallest absolute Gasteiger partial charge is 0.361 e. The van der Waals surface area contributed by atoms with Crippen LogP contribution in [0.5, 0.6) is 0 Å². The molecular formula is C13H18N2O3. The van der Waals surface area contributed by atoms with Gasteiger partial charge in [0.25, 0.3) is 0 Å². The van der Waals surface area contributed by atoms with E-state index < -0.39 is 5.97 Å². The van der Waals surface area contributed by atoms with Crippen molar-refractivity contribution in [3.05, 3.63) is 35.4 Å². The zero-order valence-electron chi connectivity index (χ0n) is 10.6. The lowest BCUT2D eigenvalue weighted by molar-refractivity contribution is -0.135. The highest BCUT2D eigenvalue weighted by Crippen LogP contribution is 2.12. The van der Waals surface area contributed by atoms with E-state index in [4.69, 9.17) is 9.94 Å². The average molecular weight is 250 g/mol. The number of carbonyl (C=O) groups excluding carboxylic acids is 1. The minimum Gasteiger partial charge on any atom is -0.461 e. The molecule has 0 atom stereocenters. The molecule has 1 aromatic carbocycles. The summed E-state index contributed by atoms with van der Waals surface area (Å²) in [6.45, 7) is 2.73. The highest BCUT2D eigenvalue weighted by atomic mass is 16.5. The van der Waals surface area contributed by atoms with Gasteiger partial charge in [0, 0.05) is 5.56 Å². The van der Waals surface area contributed by atoms with Crippen LogP contribution >= 0.6 is 0 Å². The van der Waals surface area contributed by atoms with Gasteiger partial charge in [-0.15, -0.1) is 0 Å². The summed E-state index contributed by atoms with van der Waals surface area (Å²) in [5.74, 6) is -0.614. The zero-order chi connectivity index (χ0) is 13.4. The quantitative estimate of drug-likeness (QED) is 0.344. The molecule has 0 saturated carbocycles. The van der Waals surface area contributed by atoms with Crippen LogP contribution in [0.1, 0.15) is 18.1 Å². The van der Waals surface area contributed by atoms with Crippen molar-refractivity contribution >= 4 is 11.7 Å². The third-order valence-electron chi connectivity index (χ3n) is 2.49. The molecule has 0 aliphatic carbocycles. The second-order valence-corrected chi connectivity index (χ2v) is 3.68. The summed E-state index contributed by atoms with van der Waals surface area (Å²) in [6, 6.07) is 7.32. The van der Waals surface area contributed by atoms with Gasteiger partial charge >= 0.3 is 5.97 Å². The van der Waals surface area contributed by atoms with Crippen molar-refractivity contribution in [2.75, 3.05) is 20.2 Å². The summed E-state index contributed by atoms with van der Waals surface area (Å²) in [6.07, 6.45) is 0.741. The number of benzene rings is 1. The number of ether oxygens (including phenoxy) is 1. The second-order valence-electron chi connectivity index (χ2n) is 3.68. The van der Waals surface area contributed by atoms with Crippen molar-refractivity contribution in [3.63, 3.8) is 0 Å². The topological polar surface area (TPSA) is 70.9 Å². The van der Waals surface area contributed by atoms with E-state index in [-0.39, 0.29) is 12.3 Å². The number of nitrogens with zero attached hydrogens (tertiary/aromatic N) is 1. The van der Waals surface area contributed by atoms with E-state index >= 15 is 0 Å². The Balaban J connectivity index is 3.02. The largest absolute Gasteiger partial charge is 0.461 e. The van der Waals surface area contributed by atoms with Crippen LogP contribution in [0.3, 0.4) is 0 Å². The minimum atomic E-state index is -0.614. The SMILES string of the molecule is CCOC(=O)/C(=N/O)c1ccccc1CCNC. The van der Waals surface area contributed by atoms with Gasteiger partial charge in [-0.25, -0.2) is 4.79 Å². The minimum absolute atomic E-state index is 0.0523. The highest BCUT2D eigenvalue weighted by Gasteiger charge is 2.18. The Morgan fingerprint density at radius 3 is 2.78 bits per heavy atom. The number of nitrogens with one attached hydrogen (secondary N) is 1. The van der Waals surface area contributed by atoms with Gasteiger partial charge in [-0.05, 0) is 32.5 Å². The fourth-order valence-electron chi connectivity index (χ4n) is 1.63. The van der Waals surface area contributed by atoms with Gasteiger partial charge < -0.3 is 15.3 Å². The third kappa shape index (κ3) is 3.56. The van der Waals surface area contributed by atoms with E-state index in [0.29, 0.717) is 5.56 Å². The van der Waals surface area contributed by atoms with Crippen LogP contribution in [0.25, 0.3) is 0 Å². The molecule has 2 N–H and O–H groups in total. The Hall–Kier alpha value is -1.88. The van der Waals surface area contributed by atoms with Gasteiger partial charge in [-0.3, -0.25) is 0 Å².